The van der Waals surface area contributed by atoms with Gasteiger partial charge in [-0.15, -0.1) is 11.6 Å². The number of fused-ring (bicyclic) bond motifs is 1. The number of hydrogen-bond acceptors (Lipinski definition) is 2. The van der Waals surface area contributed by atoms with Crippen molar-refractivity contribution in [3.05, 3.63) is 54.2 Å². The van der Waals surface area contributed by atoms with E-state index in [4.69, 9.17) is 11.6 Å². The summed E-state index contributed by atoms with van der Waals surface area (Å²) in [7, 11) is 0. The van der Waals surface area contributed by atoms with Crippen LogP contribution in [-0.2, 0) is 5.88 Å². The fraction of sp³-hybridized carbons (Fsp3) is 0.0769. The largest absolute Gasteiger partial charge is 0.280 e. The number of rotatable bonds is 2. The Bertz CT molecular complexity index is 708. The molecule has 0 unspecified atom stereocenters. The standard InChI is InChI=1S/C13H9ClFN3/c14-7-9-5-6-16-13(12(9)15)18-8-17-10-3-1-2-4-11(10)18/h1-6,8H,7H2. The van der Waals surface area contributed by atoms with Crippen molar-refractivity contribution < 1.29 is 4.39 Å². The Morgan fingerprint density at radius 1 is 1.17 bits per heavy atom. The van der Waals surface area contributed by atoms with Crippen LogP contribution in [0.4, 0.5) is 4.39 Å². The van der Waals surface area contributed by atoms with Gasteiger partial charge in [0.15, 0.2) is 11.6 Å². The third-order valence-electron chi connectivity index (χ3n) is 2.78. The smallest absolute Gasteiger partial charge is 0.175 e. The van der Waals surface area contributed by atoms with Crippen molar-refractivity contribution in [2.75, 3.05) is 0 Å². The molecule has 0 amide bonds. The summed E-state index contributed by atoms with van der Waals surface area (Å²) >= 11 is 5.69. The quantitative estimate of drug-likeness (QED) is 0.663. The summed E-state index contributed by atoms with van der Waals surface area (Å²) in [5.41, 5.74) is 2.05. The minimum atomic E-state index is -0.407. The summed E-state index contributed by atoms with van der Waals surface area (Å²) in [6.07, 6.45) is 3.11. The zero-order chi connectivity index (χ0) is 12.5. The van der Waals surface area contributed by atoms with Crippen LogP contribution in [0.15, 0.2) is 42.9 Å². The molecule has 0 aliphatic heterocycles. The van der Waals surface area contributed by atoms with Crippen LogP contribution in [0.25, 0.3) is 16.9 Å². The Balaban J connectivity index is 2.26. The molecule has 3 nitrogen and oxygen atoms in total. The van der Waals surface area contributed by atoms with Gasteiger partial charge in [0.25, 0.3) is 0 Å². The molecule has 0 spiro atoms. The molecule has 2 aromatic heterocycles. The Hall–Kier alpha value is -1.94. The highest BCUT2D eigenvalue weighted by atomic mass is 35.5. The second kappa shape index (κ2) is 4.38. The highest BCUT2D eigenvalue weighted by Gasteiger charge is 2.12. The number of pyridine rings is 1. The number of hydrogen-bond donors (Lipinski definition) is 0. The molecule has 3 aromatic rings. The molecule has 0 aliphatic carbocycles. The Morgan fingerprint density at radius 2 is 2.00 bits per heavy atom. The molecule has 1 aromatic carbocycles. The van der Waals surface area contributed by atoms with Crippen LogP contribution in [0.5, 0.6) is 0 Å². The fourth-order valence-electron chi connectivity index (χ4n) is 1.87. The van der Waals surface area contributed by atoms with Crippen molar-refractivity contribution in [3.8, 4) is 5.82 Å². The fourth-order valence-corrected chi connectivity index (χ4v) is 2.08. The van der Waals surface area contributed by atoms with Gasteiger partial charge in [0.05, 0.1) is 16.9 Å². The molecule has 0 radical (unpaired) electrons. The van der Waals surface area contributed by atoms with Crippen LogP contribution in [0.2, 0.25) is 0 Å². The maximum absolute atomic E-state index is 14.2. The Kier molecular flexibility index (Phi) is 2.72. The molecule has 0 saturated carbocycles. The molecule has 5 heteroatoms. The van der Waals surface area contributed by atoms with Crippen LogP contribution in [0.3, 0.4) is 0 Å². The molecule has 3 rings (SSSR count). The molecule has 2 heterocycles. The molecule has 0 atom stereocenters. The van der Waals surface area contributed by atoms with Gasteiger partial charge in [0.1, 0.15) is 6.33 Å². The number of imidazole rings is 1. The van der Waals surface area contributed by atoms with Crippen molar-refractivity contribution in [2.24, 2.45) is 0 Å². The third-order valence-corrected chi connectivity index (χ3v) is 3.06. The van der Waals surface area contributed by atoms with Gasteiger partial charge in [-0.3, -0.25) is 4.57 Å². The number of halogens is 2. The summed E-state index contributed by atoms with van der Waals surface area (Å²) in [5, 5.41) is 0. The highest BCUT2D eigenvalue weighted by Crippen LogP contribution is 2.21. The second-order valence-corrected chi connectivity index (χ2v) is 4.11. The summed E-state index contributed by atoms with van der Waals surface area (Å²) in [6.45, 7) is 0. The van der Waals surface area contributed by atoms with E-state index in [1.165, 1.54) is 0 Å². The molecular weight excluding hydrogens is 253 g/mol. The molecule has 0 saturated heterocycles. The Morgan fingerprint density at radius 3 is 2.83 bits per heavy atom. The summed E-state index contributed by atoms with van der Waals surface area (Å²) < 4.78 is 15.8. The number of aromatic nitrogens is 3. The van der Waals surface area contributed by atoms with E-state index in [0.29, 0.717) is 5.56 Å². The molecule has 0 bridgehead atoms. The monoisotopic (exact) mass is 261 g/mol. The van der Waals surface area contributed by atoms with Crippen molar-refractivity contribution >= 4 is 22.6 Å². The van der Waals surface area contributed by atoms with E-state index in [0.717, 1.165) is 11.0 Å². The average molecular weight is 262 g/mol. The number of nitrogens with zero attached hydrogens (tertiary/aromatic N) is 3. The van der Waals surface area contributed by atoms with Gasteiger partial charge in [0, 0.05) is 11.8 Å². The van der Waals surface area contributed by atoms with E-state index in [2.05, 4.69) is 9.97 Å². The predicted octanol–water partition coefficient (Wildman–Crippen LogP) is 3.30. The van der Waals surface area contributed by atoms with Crippen molar-refractivity contribution in [1.82, 2.24) is 14.5 Å². The van der Waals surface area contributed by atoms with E-state index < -0.39 is 5.82 Å². The van der Waals surface area contributed by atoms with Gasteiger partial charge >= 0.3 is 0 Å². The average Bonchev–Trinajstić information content (AvgIpc) is 2.83. The van der Waals surface area contributed by atoms with Crippen molar-refractivity contribution in [3.63, 3.8) is 0 Å². The lowest BCUT2D eigenvalue weighted by atomic mass is 10.2. The van der Waals surface area contributed by atoms with Gasteiger partial charge in [-0.2, -0.15) is 0 Å². The lowest BCUT2D eigenvalue weighted by Gasteiger charge is -2.06. The van der Waals surface area contributed by atoms with Crippen LogP contribution in [0, 0.1) is 5.82 Å². The third kappa shape index (κ3) is 1.66. The molecule has 90 valence electrons. The van der Waals surface area contributed by atoms with Crippen LogP contribution in [0.1, 0.15) is 5.56 Å². The summed E-state index contributed by atoms with van der Waals surface area (Å²) in [4.78, 5) is 8.28. The zero-order valence-corrected chi connectivity index (χ0v) is 10.1. The second-order valence-electron chi connectivity index (χ2n) is 3.84. The van der Waals surface area contributed by atoms with Crippen LogP contribution in [-0.4, -0.2) is 14.5 Å². The molecule has 0 aliphatic rings. The summed E-state index contributed by atoms with van der Waals surface area (Å²) in [6, 6.07) is 9.08. The maximum atomic E-state index is 14.2. The lowest BCUT2D eigenvalue weighted by Crippen LogP contribution is -2.02. The van der Waals surface area contributed by atoms with E-state index in [9.17, 15) is 4.39 Å². The van der Waals surface area contributed by atoms with Crippen molar-refractivity contribution in [2.45, 2.75) is 5.88 Å². The number of alkyl halides is 1. The Labute approximate surface area is 108 Å². The first-order valence-electron chi connectivity index (χ1n) is 5.43. The van der Waals surface area contributed by atoms with E-state index >= 15 is 0 Å². The van der Waals surface area contributed by atoms with Gasteiger partial charge < -0.3 is 0 Å². The van der Waals surface area contributed by atoms with Gasteiger partial charge in [-0.05, 0) is 18.2 Å². The maximum Gasteiger partial charge on any atom is 0.175 e. The van der Waals surface area contributed by atoms with E-state index in [-0.39, 0.29) is 11.7 Å². The minimum Gasteiger partial charge on any atom is -0.280 e. The number of benzene rings is 1. The highest BCUT2D eigenvalue weighted by molar-refractivity contribution is 6.17. The zero-order valence-electron chi connectivity index (χ0n) is 9.35. The molecule has 0 fully saturated rings. The first kappa shape index (κ1) is 11.2. The summed E-state index contributed by atoms with van der Waals surface area (Å²) in [5.74, 6) is -0.0638. The first-order chi connectivity index (χ1) is 8.81. The van der Waals surface area contributed by atoms with Crippen LogP contribution < -0.4 is 0 Å². The topological polar surface area (TPSA) is 30.7 Å². The first-order valence-corrected chi connectivity index (χ1v) is 5.96. The van der Waals surface area contributed by atoms with Gasteiger partial charge in [0.2, 0.25) is 0 Å². The SMILES string of the molecule is Fc1c(CCl)ccnc1-n1cnc2ccccc21. The predicted molar refractivity (Wildman–Crippen MR) is 68.4 cm³/mol. The van der Waals surface area contributed by atoms with E-state index in [1.807, 2.05) is 24.3 Å². The number of para-hydroxylation sites is 2. The minimum absolute atomic E-state index is 0.119. The molecule has 0 N–H and O–H groups in total. The molecular formula is C13H9ClFN3. The van der Waals surface area contributed by atoms with Gasteiger partial charge in [-0.25, -0.2) is 14.4 Å². The van der Waals surface area contributed by atoms with E-state index in [1.54, 1.807) is 23.2 Å². The van der Waals surface area contributed by atoms with Crippen LogP contribution >= 0.6 is 11.6 Å². The van der Waals surface area contributed by atoms with Crippen molar-refractivity contribution in [1.29, 1.82) is 0 Å². The lowest BCUT2D eigenvalue weighted by molar-refractivity contribution is 0.600. The molecule has 18 heavy (non-hydrogen) atoms. The van der Waals surface area contributed by atoms with Gasteiger partial charge in [-0.1, -0.05) is 12.1 Å². The normalized spacial score (nSPS) is 11.0.